The Labute approximate surface area is 105 Å². The highest BCUT2D eigenvalue weighted by Crippen LogP contribution is 2.29. The van der Waals surface area contributed by atoms with Crippen LogP contribution in [0.5, 0.6) is 5.75 Å². The van der Waals surface area contributed by atoms with Crippen molar-refractivity contribution >= 4 is 17.6 Å². The molecule has 0 aliphatic heterocycles. The van der Waals surface area contributed by atoms with Crippen LogP contribution in [0.15, 0.2) is 18.2 Å². The van der Waals surface area contributed by atoms with E-state index in [4.69, 9.17) is 9.84 Å². The molecule has 2 N–H and O–H groups in total. The molecule has 0 bridgehead atoms. The number of amides is 1. The van der Waals surface area contributed by atoms with Crippen LogP contribution in [-0.2, 0) is 4.79 Å². The number of carboxylic acid groups (broad SMARTS) is 1. The molecule has 2 rings (SSSR count). The monoisotopic (exact) mass is 249 g/mol. The van der Waals surface area contributed by atoms with Gasteiger partial charge in [-0.25, -0.2) is 4.79 Å². The van der Waals surface area contributed by atoms with Crippen LogP contribution < -0.4 is 10.1 Å². The van der Waals surface area contributed by atoms with Gasteiger partial charge < -0.3 is 15.2 Å². The van der Waals surface area contributed by atoms with E-state index in [0.29, 0.717) is 11.4 Å². The topological polar surface area (TPSA) is 75.6 Å². The first kappa shape index (κ1) is 12.4. The molecular weight excluding hydrogens is 234 g/mol. The number of hydrogen-bond donors (Lipinski definition) is 2. The molecule has 0 heterocycles. The second kappa shape index (κ2) is 5.08. The number of rotatable bonds is 4. The molecule has 1 saturated carbocycles. The number of aromatic carboxylic acids is 1. The zero-order valence-electron chi connectivity index (χ0n) is 10.1. The van der Waals surface area contributed by atoms with E-state index < -0.39 is 5.97 Å². The van der Waals surface area contributed by atoms with E-state index in [9.17, 15) is 9.59 Å². The first-order valence-electron chi connectivity index (χ1n) is 5.84. The van der Waals surface area contributed by atoms with E-state index >= 15 is 0 Å². The van der Waals surface area contributed by atoms with Gasteiger partial charge in [0.25, 0.3) is 0 Å². The third kappa shape index (κ3) is 2.45. The molecule has 1 aromatic carbocycles. The van der Waals surface area contributed by atoms with E-state index in [1.165, 1.54) is 13.2 Å². The van der Waals surface area contributed by atoms with Gasteiger partial charge in [0.15, 0.2) is 0 Å². The average Bonchev–Trinajstić information content (AvgIpc) is 2.26. The van der Waals surface area contributed by atoms with Gasteiger partial charge in [0, 0.05) is 5.92 Å². The Balaban J connectivity index is 2.20. The first-order valence-corrected chi connectivity index (χ1v) is 5.84. The van der Waals surface area contributed by atoms with Crippen LogP contribution in [0, 0.1) is 5.92 Å². The van der Waals surface area contributed by atoms with E-state index in [2.05, 4.69) is 5.32 Å². The Morgan fingerprint density at radius 1 is 1.39 bits per heavy atom. The van der Waals surface area contributed by atoms with Crippen molar-refractivity contribution in [3.05, 3.63) is 23.8 Å². The van der Waals surface area contributed by atoms with E-state index in [1.807, 2.05) is 0 Å². The van der Waals surface area contributed by atoms with Crippen molar-refractivity contribution in [1.29, 1.82) is 0 Å². The number of hydrogen-bond acceptors (Lipinski definition) is 3. The number of methoxy groups -OCH3 is 1. The molecule has 96 valence electrons. The Morgan fingerprint density at radius 3 is 2.61 bits per heavy atom. The minimum absolute atomic E-state index is 0.0220. The lowest BCUT2D eigenvalue weighted by molar-refractivity contribution is -0.122. The van der Waals surface area contributed by atoms with Crippen molar-refractivity contribution in [2.75, 3.05) is 12.4 Å². The molecule has 1 amide bonds. The van der Waals surface area contributed by atoms with Crippen LogP contribution >= 0.6 is 0 Å². The second-order valence-electron chi connectivity index (χ2n) is 4.33. The summed E-state index contributed by atoms with van der Waals surface area (Å²) in [5.41, 5.74) is 0.363. The van der Waals surface area contributed by atoms with Crippen molar-refractivity contribution in [3.8, 4) is 5.75 Å². The normalized spacial score (nSPS) is 14.7. The fourth-order valence-electron chi connectivity index (χ4n) is 1.84. The molecule has 0 aromatic heterocycles. The highest BCUT2D eigenvalue weighted by atomic mass is 16.5. The van der Waals surface area contributed by atoms with Crippen molar-refractivity contribution in [3.63, 3.8) is 0 Å². The number of benzene rings is 1. The smallest absolute Gasteiger partial charge is 0.337 e. The van der Waals surface area contributed by atoms with Crippen LogP contribution in [0.4, 0.5) is 5.69 Å². The Hall–Kier alpha value is -2.04. The summed E-state index contributed by atoms with van der Waals surface area (Å²) >= 11 is 0. The lowest BCUT2D eigenvalue weighted by Gasteiger charge is -2.24. The number of carboxylic acids is 1. The van der Waals surface area contributed by atoms with Gasteiger partial charge in [0.1, 0.15) is 5.75 Å². The maximum Gasteiger partial charge on any atom is 0.337 e. The van der Waals surface area contributed by atoms with Gasteiger partial charge in [-0.1, -0.05) is 6.42 Å². The van der Waals surface area contributed by atoms with Crippen LogP contribution in [0.1, 0.15) is 29.6 Å². The average molecular weight is 249 g/mol. The lowest BCUT2D eigenvalue weighted by atomic mass is 9.85. The fraction of sp³-hybridized carbons (Fsp3) is 0.385. The van der Waals surface area contributed by atoms with Gasteiger partial charge in [-0.3, -0.25) is 4.79 Å². The van der Waals surface area contributed by atoms with Gasteiger partial charge in [0.05, 0.1) is 18.4 Å². The maximum atomic E-state index is 11.8. The van der Waals surface area contributed by atoms with Gasteiger partial charge in [-0.2, -0.15) is 0 Å². The van der Waals surface area contributed by atoms with Crippen molar-refractivity contribution < 1.29 is 19.4 Å². The maximum absolute atomic E-state index is 11.8. The number of anilines is 1. The number of nitrogens with one attached hydrogen (secondary N) is 1. The van der Waals surface area contributed by atoms with Crippen LogP contribution in [0.2, 0.25) is 0 Å². The summed E-state index contributed by atoms with van der Waals surface area (Å²) < 4.78 is 4.97. The molecule has 5 nitrogen and oxygen atoms in total. The molecule has 0 atom stereocenters. The summed E-state index contributed by atoms with van der Waals surface area (Å²) in [7, 11) is 1.47. The molecule has 1 aromatic rings. The molecule has 1 aliphatic carbocycles. The summed E-state index contributed by atoms with van der Waals surface area (Å²) in [5.74, 6) is -0.713. The third-order valence-electron chi connectivity index (χ3n) is 3.19. The molecular formula is C13H15NO4. The molecule has 0 radical (unpaired) electrons. The minimum Gasteiger partial charge on any atom is -0.497 e. The molecule has 0 spiro atoms. The highest BCUT2D eigenvalue weighted by molar-refractivity contribution is 6.01. The number of carbonyl (C=O) groups excluding carboxylic acids is 1. The van der Waals surface area contributed by atoms with Crippen LogP contribution in [-0.4, -0.2) is 24.1 Å². The van der Waals surface area contributed by atoms with Crippen LogP contribution in [0.3, 0.4) is 0 Å². The van der Waals surface area contributed by atoms with Crippen LogP contribution in [0.25, 0.3) is 0 Å². The minimum atomic E-state index is -1.09. The van der Waals surface area contributed by atoms with Gasteiger partial charge in [-0.05, 0) is 31.0 Å². The van der Waals surface area contributed by atoms with Crippen molar-refractivity contribution in [2.24, 2.45) is 5.92 Å². The Bertz CT molecular complexity index is 480. The Kier molecular flexibility index (Phi) is 3.50. The molecule has 1 fully saturated rings. The largest absolute Gasteiger partial charge is 0.497 e. The van der Waals surface area contributed by atoms with E-state index in [-0.39, 0.29) is 17.4 Å². The van der Waals surface area contributed by atoms with Crippen molar-refractivity contribution in [1.82, 2.24) is 0 Å². The summed E-state index contributed by atoms with van der Waals surface area (Å²) in [6.07, 6.45) is 2.82. The van der Waals surface area contributed by atoms with E-state index in [1.54, 1.807) is 12.1 Å². The predicted octanol–water partition coefficient (Wildman–Crippen LogP) is 2.13. The zero-order chi connectivity index (χ0) is 13.1. The SMILES string of the molecule is COc1ccc(NC(=O)C2CCC2)c(C(=O)O)c1. The summed E-state index contributed by atoms with van der Waals surface area (Å²) in [6, 6.07) is 4.58. The molecule has 0 unspecified atom stereocenters. The molecule has 1 aliphatic rings. The van der Waals surface area contributed by atoms with Crippen molar-refractivity contribution in [2.45, 2.75) is 19.3 Å². The summed E-state index contributed by atoms with van der Waals surface area (Å²) in [4.78, 5) is 22.9. The second-order valence-corrected chi connectivity index (χ2v) is 4.33. The standard InChI is InChI=1S/C13H15NO4/c1-18-9-5-6-11(10(7-9)13(16)17)14-12(15)8-3-2-4-8/h5-8H,2-4H2,1H3,(H,14,15)(H,16,17). The first-order chi connectivity index (χ1) is 8.61. The summed E-state index contributed by atoms with van der Waals surface area (Å²) in [5, 5.41) is 11.8. The fourth-order valence-corrected chi connectivity index (χ4v) is 1.84. The van der Waals surface area contributed by atoms with E-state index in [0.717, 1.165) is 19.3 Å². The highest BCUT2D eigenvalue weighted by Gasteiger charge is 2.26. The van der Waals surface area contributed by atoms with Gasteiger partial charge in [0.2, 0.25) is 5.91 Å². The molecule has 5 heteroatoms. The Morgan fingerprint density at radius 2 is 2.11 bits per heavy atom. The third-order valence-corrected chi connectivity index (χ3v) is 3.19. The predicted molar refractivity (Wildman–Crippen MR) is 65.9 cm³/mol. The quantitative estimate of drug-likeness (QED) is 0.857. The zero-order valence-corrected chi connectivity index (χ0v) is 10.1. The lowest BCUT2D eigenvalue weighted by Crippen LogP contribution is -2.28. The van der Waals surface area contributed by atoms with Gasteiger partial charge in [-0.15, -0.1) is 0 Å². The summed E-state index contributed by atoms with van der Waals surface area (Å²) in [6.45, 7) is 0. The molecule has 18 heavy (non-hydrogen) atoms. The number of ether oxygens (including phenoxy) is 1. The molecule has 0 saturated heterocycles. The number of carbonyl (C=O) groups is 2. The van der Waals surface area contributed by atoms with Gasteiger partial charge >= 0.3 is 5.97 Å².